The van der Waals surface area contributed by atoms with Crippen LogP contribution < -0.4 is 0 Å². The largest absolute Gasteiger partial charge is 0.192 e. The first-order chi connectivity index (χ1) is 13.6. The van der Waals surface area contributed by atoms with Crippen molar-refractivity contribution >= 4 is 0 Å². The second kappa shape index (κ2) is 8.33. The molecule has 0 aliphatic rings. The molecule has 0 heterocycles. The quantitative estimate of drug-likeness (QED) is 0.692. The van der Waals surface area contributed by atoms with Crippen molar-refractivity contribution in [3.05, 3.63) is 105 Å². The van der Waals surface area contributed by atoms with Gasteiger partial charge in [0.05, 0.1) is 46.5 Å². The smallest absolute Gasteiger partial charge is 0.0992 e. The fourth-order valence-corrected chi connectivity index (χ4v) is 3.09. The molecular formula is C24H14N4. The fraction of sp³-hybridized carbons (Fsp3) is 0.0833. The van der Waals surface area contributed by atoms with Crippen LogP contribution in [0.15, 0.2) is 60.7 Å². The summed E-state index contributed by atoms with van der Waals surface area (Å²) in [5, 5.41) is 36.4. The molecule has 0 bridgehead atoms. The molecule has 0 N–H and O–H groups in total. The van der Waals surface area contributed by atoms with Crippen LogP contribution in [-0.2, 0) is 12.8 Å². The minimum absolute atomic E-state index is 0.483. The number of nitriles is 4. The third kappa shape index (κ3) is 4.42. The summed E-state index contributed by atoms with van der Waals surface area (Å²) in [7, 11) is 0. The van der Waals surface area contributed by atoms with E-state index in [2.05, 4.69) is 24.3 Å². The molecule has 0 amide bonds. The molecular weight excluding hydrogens is 344 g/mol. The van der Waals surface area contributed by atoms with Gasteiger partial charge in [0.2, 0.25) is 0 Å². The highest BCUT2D eigenvalue weighted by Crippen LogP contribution is 2.18. The highest BCUT2D eigenvalue weighted by molar-refractivity contribution is 5.45. The number of rotatable bonds is 4. The summed E-state index contributed by atoms with van der Waals surface area (Å²) in [5.41, 5.74) is 5.92. The number of hydrogen-bond acceptors (Lipinski definition) is 4. The zero-order valence-corrected chi connectivity index (χ0v) is 15.0. The maximum atomic E-state index is 9.10. The van der Waals surface area contributed by atoms with Crippen molar-refractivity contribution < 1.29 is 0 Å². The van der Waals surface area contributed by atoms with Crippen molar-refractivity contribution in [3.8, 4) is 24.3 Å². The van der Waals surface area contributed by atoms with Gasteiger partial charge in [0.15, 0.2) is 0 Å². The van der Waals surface area contributed by atoms with Crippen molar-refractivity contribution in [2.45, 2.75) is 12.8 Å². The summed E-state index contributed by atoms with van der Waals surface area (Å²) < 4.78 is 0. The Morgan fingerprint density at radius 1 is 0.429 bits per heavy atom. The van der Waals surface area contributed by atoms with Gasteiger partial charge in [-0.1, -0.05) is 24.3 Å². The maximum Gasteiger partial charge on any atom is 0.0992 e. The summed E-state index contributed by atoms with van der Waals surface area (Å²) in [5.74, 6) is 0. The topological polar surface area (TPSA) is 95.2 Å². The number of hydrogen-bond donors (Lipinski definition) is 0. The molecule has 0 saturated carbocycles. The Bertz CT molecular complexity index is 1030. The van der Waals surface area contributed by atoms with Crippen LogP contribution in [0.1, 0.15) is 44.5 Å². The van der Waals surface area contributed by atoms with Crippen molar-refractivity contribution in [1.29, 1.82) is 21.0 Å². The third-order valence-corrected chi connectivity index (χ3v) is 4.34. The monoisotopic (exact) mass is 358 g/mol. The molecule has 0 saturated heterocycles. The minimum Gasteiger partial charge on any atom is -0.192 e. The molecule has 0 unspecified atom stereocenters. The zero-order valence-electron chi connectivity index (χ0n) is 15.0. The average Bonchev–Trinajstić information content (AvgIpc) is 2.74. The molecule has 0 fully saturated rings. The zero-order chi connectivity index (χ0) is 19.9. The van der Waals surface area contributed by atoms with Gasteiger partial charge in [-0.3, -0.25) is 0 Å². The lowest BCUT2D eigenvalue weighted by Crippen LogP contribution is -1.94. The van der Waals surface area contributed by atoms with Crippen LogP contribution in [0.3, 0.4) is 0 Å². The predicted octanol–water partition coefficient (Wildman–Crippen LogP) is 4.35. The van der Waals surface area contributed by atoms with Gasteiger partial charge in [-0.2, -0.15) is 21.0 Å². The van der Waals surface area contributed by atoms with Crippen LogP contribution in [-0.4, -0.2) is 0 Å². The van der Waals surface area contributed by atoms with E-state index in [0.717, 1.165) is 22.3 Å². The Morgan fingerprint density at radius 2 is 0.714 bits per heavy atom. The summed E-state index contributed by atoms with van der Waals surface area (Å²) in [6, 6.07) is 26.7. The van der Waals surface area contributed by atoms with Crippen molar-refractivity contribution in [2.24, 2.45) is 0 Å². The maximum absolute atomic E-state index is 9.10. The second-order valence-corrected chi connectivity index (χ2v) is 6.45. The normalized spacial score (nSPS) is 9.57. The van der Waals surface area contributed by atoms with Gasteiger partial charge in [-0.15, -0.1) is 0 Å². The average molecular weight is 358 g/mol. The van der Waals surface area contributed by atoms with Crippen LogP contribution in [0, 0.1) is 45.3 Å². The van der Waals surface area contributed by atoms with Crippen molar-refractivity contribution in [2.75, 3.05) is 0 Å². The molecule has 0 aromatic heterocycles. The predicted molar refractivity (Wildman–Crippen MR) is 104 cm³/mol. The molecule has 28 heavy (non-hydrogen) atoms. The van der Waals surface area contributed by atoms with E-state index >= 15 is 0 Å². The van der Waals surface area contributed by atoms with Gasteiger partial charge in [0.25, 0.3) is 0 Å². The van der Waals surface area contributed by atoms with Crippen LogP contribution in [0.5, 0.6) is 0 Å². The highest BCUT2D eigenvalue weighted by atomic mass is 14.3. The molecule has 0 atom stereocenters. The molecule has 4 nitrogen and oxygen atoms in total. The van der Waals surface area contributed by atoms with E-state index in [9.17, 15) is 0 Å². The Morgan fingerprint density at radius 3 is 0.964 bits per heavy atom. The lowest BCUT2D eigenvalue weighted by atomic mass is 9.97. The summed E-state index contributed by atoms with van der Waals surface area (Å²) in [6.45, 7) is 0. The van der Waals surface area contributed by atoms with E-state index in [-0.39, 0.29) is 0 Å². The lowest BCUT2D eigenvalue weighted by molar-refractivity contribution is 1.14. The first kappa shape index (κ1) is 18.4. The van der Waals surface area contributed by atoms with E-state index in [1.165, 1.54) is 0 Å². The molecule has 0 spiro atoms. The van der Waals surface area contributed by atoms with Gasteiger partial charge >= 0.3 is 0 Å². The summed E-state index contributed by atoms with van der Waals surface area (Å²) >= 11 is 0. The van der Waals surface area contributed by atoms with Gasteiger partial charge in [0.1, 0.15) is 0 Å². The lowest BCUT2D eigenvalue weighted by Gasteiger charge is -2.07. The number of nitrogens with zero attached hydrogens (tertiary/aromatic N) is 4. The van der Waals surface area contributed by atoms with E-state index in [1.54, 1.807) is 36.4 Å². The first-order valence-electron chi connectivity index (χ1n) is 8.59. The molecule has 130 valence electrons. The van der Waals surface area contributed by atoms with Gasteiger partial charge in [0, 0.05) is 0 Å². The first-order valence-corrected chi connectivity index (χ1v) is 8.59. The Balaban J connectivity index is 1.78. The molecule has 0 aliphatic carbocycles. The van der Waals surface area contributed by atoms with E-state index in [4.69, 9.17) is 21.0 Å². The van der Waals surface area contributed by atoms with E-state index in [0.29, 0.717) is 35.1 Å². The minimum atomic E-state index is 0.483. The SMILES string of the molecule is N#Cc1cc(C#N)cc(Cc2ccc(Cc3cc(C#N)cc(C#N)c3)cc2)c1. The summed E-state index contributed by atoms with van der Waals surface area (Å²) in [4.78, 5) is 0. The van der Waals surface area contributed by atoms with E-state index < -0.39 is 0 Å². The van der Waals surface area contributed by atoms with Crippen LogP contribution in [0.4, 0.5) is 0 Å². The molecule has 0 radical (unpaired) electrons. The summed E-state index contributed by atoms with van der Waals surface area (Å²) in [6.07, 6.45) is 1.26. The third-order valence-electron chi connectivity index (χ3n) is 4.34. The Kier molecular flexibility index (Phi) is 5.48. The van der Waals surface area contributed by atoms with Gasteiger partial charge in [-0.25, -0.2) is 0 Å². The van der Waals surface area contributed by atoms with Gasteiger partial charge < -0.3 is 0 Å². The van der Waals surface area contributed by atoms with Crippen LogP contribution in [0.25, 0.3) is 0 Å². The molecule has 0 aliphatic heterocycles. The van der Waals surface area contributed by atoms with Crippen molar-refractivity contribution in [1.82, 2.24) is 0 Å². The number of benzene rings is 3. The fourth-order valence-electron chi connectivity index (χ4n) is 3.09. The van der Waals surface area contributed by atoms with Crippen LogP contribution >= 0.6 is 0 Å². The van der Waals surface area contributed by atoms with Crippen molar-refractivity contribution in [3.63, 3.8) is 0 Å². The molecule has 4 heteroatoms. The van der Waals surface area contributed by atoms with Gasteiger partial charge in [-0.05, 0) is 71.5 Å². The Labute approximate surface area is 163 Å². The highest BCUT2D eigenvalue weighted by Gasteiger charge is 2.05. The molecule has 3 rings (SSSR count). The Hall–Kier alpha value is -4.38. The van der Waals surface area contributed by atoms with E-state index in [1.807, 2.05) is 24.3 Å². The second-order valence-electron chi connectivity index (χ2n) is 6.45. The molecule has 3 aromatic carbocycles. The molecule has 3 aromatic rings. The standard InChI is InChI=1S/C24H14N4/c25-13-21-7-19(8-22(11-21)14-26)5-17-1-2-18(4-3-17)6-20-9-23(15-27)12-24(10-20)16-28/h1-4,7-12H,5-6H2. The van der Waals surface area contributed by atoms with Crippen LogP contribution in [0.2, 0.25) is 0 Å².